The third-order valence-corrected chi connectivity index (χ3v) is 5.00. The number of hydrogen-bond donors (Lipinski definition) is 1. The first-order valence-corrected chi connectivity index (χ1v) is 8.01. The molecule has 1 atom stereocenters. The van der Waals surface area contributed by atoms with Crippen molar-refractivity contribution in [1.29, 1.82) is 0 Å². The van der Waals surface area contributed by atoms with E-state index in [2.05, 4.69) is 9.97 Å². The summed E-state index contributed by atoms with van der Waals surface area (Å²) in [4.78, 5) is 22.0. The number of aromatic nitrogens is 2. The Balaban J connectivity index is 1.56. The Hall–Kier alpha value is -1.59. The van der Waals surface area contributed by atoms with Gasteiger partial charge < -0.3 is 14.6 Å². The second-order valence-corrected chi connectivity index (χ2v) is 6.83. The maximum absolute atomic E-state index is 12.2. The number of halogens is 1. The molecule has 0 bridgehead atoms. The number of ether oxygens (including phenoxy) is 1. The molecule has 0 radical (unpaired) electrons. The minimum Gasteiger partial charge on any atom is -0.381 e. The van der Waals surface area contributed by atoms with Crippen LogP contribution in [0.2, 0.25) is 5.02 Å². The SMILES string of the molecule is O=C1CC[C@]2(CCOC2)CN1Cc1nc2ccc(Cl)cc2[nH]1. The monoisotopic (exact) mass is 319 g/mol. The summed E-state index contributed by atoms with van der Waals surface area (Å²) in [7, 11) is 0. The van der Waals surface area contributed by atoms with E-state index in [1.165, 1.54) is 0 Å². The molecular formula is C16H18ClN3O2. The van der Waals surface area contributed by atoms with Gasteiger partial charge in [0, 0.05) is 30.0 Å². The van der Waals surface area contributed by atoms with Gasteiger partial charge in [-0.25, -0.2) is 4.98 Å². The number of amides is 1. The highest BCUT2D eigenvalue weighted by Gasteiger charge is 2.41. The van der Waals surface area contributed by atoms with Gasteiger partial charge in [-0.2, -0.15) is 0 Å². The summed E-state index contributed by atoms with van der Waals surface area (Å²) < 4.78 is 5.56. The molecule has 4 rings (SSSR count). The molecule has 1 aromatic carbocycles. The summed E-state index contributed by atoms with van der Waals surface area (Å²) in [6, 6.07) is 5.57. The molecule has 1 aromatic heterocycles. The lowest BCUT2D eigenvalue weighted by atomic mass is 9.79. The molecule has 2 aliphatic rings. The Kier molecular flexibility index (Phi) is 3.35. The molecule has 116 valence electrons. The van der Waals surface area contributed by atoms with Crippen LogP contribution >= 0.6 is 11.6 Å². The zero-order chi connectivity index (χ0) is 15.2. The predicted molar refractivity (Wildman–Crippen MR) is 83.6 cm³/mol. The fraction of sp³-hybridized carbons (Fsp3) is 0.500. The lowest BCUT2D eigenvalue weighted by Gasteiger charge is -2.38. The van der Waals surface area contributed by atoms with Crippen molar-refractivity contribution in [2.24, 2.45) is 5.41 Å². The van der Waals surface area contributed by atoms with Gasteiger partial charge in [0.15, 0.2) is 0 Å². The predicted octanol–water partition coefficient (Wildman–Crippen LogP) is 2.75. The van der Waals surface area contributed by atoms with Crippen molar-refractivity contribution >= 4 is 28.5 Å². The topological polar surface area (TPSA) is 58.2 Å². The molecule has 5 nitrogen and oxygen atoms in total. The number of carbonyl (C=O) groups is 1. The van der Waals surface area contributed by atoms with E-state index in [4.69, 9.17) is 16.3 Å². The van der Waals surface area contributed by atoms with Crippen LogP contribution in [0.4, 0.5) is 0 Å². The first kappa shape index (κ1) is 14.0. The molecule has 1 amide bonds. The van der Waals surface area contributed by atoms with Crippen LogP contribution in [0.15, 0.2) is 18.2 Å². The average Bonchev–Trinajstić information content (AvgIpc) is 3.09. The van der Waals surface area contributed by atoms with E-state index in [1.54, 1.807) is 0 Å². The van der Waals surface area contributed by atoms with Crippen molar-refractivity contribution in [1.82, 2.24) is 14.9 Å². The highest BCUT2D eigenvalue weighted by molar-refractivity contribution is 6.31. The van der Waals surface area contributed by atoms with E-state index >= 15 is 0 Å². The molecule has 2 aliphatic heterocycles. The minimum absolute atomic E-state index is 0.156. The van der Waals surface area contributed by atoms with E-state index in [9.17, 15) is 4.79 Å². The van der Waals surface area contributed by atoms with Crippen molar-refractivity contribution < 1.29 is 9.53 Å². The number of fused-ring (bicyclic) bond motifs is 1. The van der Waals surface area contributed by atoms with Crippen LogP contribution in [-0.2, 0) is 16.1 Å². The molecule has 0 aliphatic carbocycles. The van der Waals surface area contributed by atoms with Crippen LogP contribution in [0.25, 0.3) is 11.0 Å². The molecule has 6 heteroatoms. The zero-order valence-corrected chi connectivity index (χ0v) is 13.0. The number of hydrogen-bond acceptors (Lipinski definition) is 3. The van der Waals surface area contributed by atoms with Crippen LogP contribution < -0.4 is 0 Å². The zero-order valence-electron chi connectivity index (χ0n) is 12.3. The highest BCUT2D eigenvalue weighted by atomic mass is 35.5. The quantitative estimate of drug-likeness (QED) is 0.926. The fourth-order valence-corrected chi connectivity index (χ4v) is 3.68. The summed E-state index contributed by atoms with van der Waals surface area (Å²) in [6.07, 6.45) is 2.60. The van der Waals surface area contributed by atoms with Gasteiger partial charge in [-0.05, 0) is 31.0 Å². The van der Waals surface area contributed by atoms with Gasteiger partial charge in [0.2, 0.25) is 5.91 Å². The van der Waals surface area contributed by atoms with Gasteiger partial charge in [-0.1, -0.05) is 11.6 Å². The van der Waals surface area contributed by atoms with Crippen LogP contribution in [0.3, 0.4) is 0 Å². The summed E-state index contributed by atoms with van der Waals surface area (Å²) in [5, 5.41) is 0.679. The molecule has 2 saturated heterocycles. The highest BCUT2D eigenvalue weighted by Crippen LogP contribution is 2.38. The Morgan fingerprint density at radius 3 is 3.14 bits per heavy atom. The van der Waals surface area contributed by atoms with Crippen molar-refractivity contribution in [3.05, 3.63) is 29.0 Å². The maximum atomic E-state index is 12.2. The summed E-state index contributed by atoms with van der Waals surface area (Å²) in [6.45, 7) is 2.87. The van der Waals surface area contributed by atoms with Crippen molar-refractivity contribution in [3.8, 4) is 0 Å². The number of rotatable bonds is 2. The average molecular weight is 320 g/mol. The Bertz CT molecular complexity index is 721. The van der Waals surface area contributed by atoms with Crippen molar-refractivity contribution in [2.45, 2.75) is 25.8 Å². The third kappa shape index (κ3) is 2.48. The van der Waals surface area contributed by atoms with Gasteiger partial charge in [0.25, 0.3) is 0 Å². The largest absolute Gasteiger partial charge is 0.381 e. The van der Waals surface area contributed by atoms with Gasteiger partial charge in [-0.3, -0.25) is 4.79 Å². The van der Waals surface area contributed by atoms with Gasteiger partial charge >= 0.3 is 0 Å². The minimum atomic E-state index is 0.156. The number of nitrogens with zero attached hydrogens (tertiary/aromatic N) is 2. The molecule has 22 heavy (non-hydrogen) atoms. The fourth-order valence-electron chi connectivity index (χ4n) is 3.51. The van der Waals surface area contributed by atoms with Crippen LogP contribution in [0, 0.1) is 5.41 Å². The molecule has 1 spiro atoms. The molecule has 0 saturated carbocycles. The summed E-state index contributed by atoms with van der Waals surface area (Å²) in [5.74, 6) is 1.01. The standard InChI is InChI=1S/C16H18ClN3O2/c17-11-1-2-12-13(7-11)19-14(18-12)8-20-9-16(4-3-15(20)21)5-6-22-10-16/h1-2,7H,3-6,8-10H2,(H,18,19)/t16-/m0/s1. The second-order valence-electron chi connectivity index (χ2n) is 6.40. The molecular weight excluding hydrogens is 302 g/mol. The molecule has 2 aromatic rings. The van der Waals surface area contributed by atoms with E-state index < -0.39 is 0 Å². The van der Waals surface area contributed by atoms with E-state index in [-0.39, 0.29) is 11.3 Å². The third-order valence-electron chi connectivity index (χ3n) is 4.77. The Morgan fingerprint density at radius 2 is 2.32 bits per heavy atom. The van der Waals surface area contributed by atoms with Gasteiger partial charge in [0.05, 0.1) is 24.2 Å². The lowest BCUT2D eigenvalue weighted by molar-refractivity contribution is -0.138. The number of nitrogens with one attached hydrogen (secondary N) is 1. The number of likely N-dealkylation sites (tertiary alicyclic amines) is 1. The number of carbonyl (C=O) groups excluding carboxylic acids is 1. The second kappa shape index (κ2) is 5.25. The molecule has 3 heterocycles. The molecule has 1 N–H and O–H groups in total. The van der Waals surface area contributed by atoms with E-state index in [0.717, 1.165) is 49.5 Å². The van der Waals surface area contributed by atoms with Crippen LogP contribution in [0.1, 0.15) is 25.1 Å². The first-order chi connectivity index (χ1) is 10.6. The van der Waals surface area contributed by atoms with Gasteiger partial charge in [-0.15, -0.1) is 0 Å². The molecule has 2 fully saturated rings. The lowest BCUT2D eigenvalue weighted by Crippen LogP contribution is -2.46. The van der Waals surface area contributed by atoms with Gasteiger partial charge in [0.1, 0.15) is 5.82 Å². The Labute approximate surface area is 133 Å². The van der Waals surface area contributed by atoms with Crippen LogP contribution in [0.5, 0.6) is 0 Å². The van der Waals surface area contributed by atoms with Crippen LogP contribution in [-0.4, -0.2) is 40.5 Å². The van der Waals surface area contributed by atoms with Crippen molar-refractivity contribution in [2.75, 3.05) is 19.8 Å². The summed E-state index contributed by atoms with van der Waals surface area (Å²) >= 11 is 6.00. The normalized spacial score (nSPS) is 25.5. The summed E-state index contributed by atoms with van der Waals surface area (Å²) in [5.41, 5.74) is 1.94. The first-order valence-electron chi connectivity index (χ1n) is 7.63. The number of imidazole rings is 1. The van der Waals surface area contributed by atoms with E-state index in [0.29, 0.717) is 18.0 Å². The molecule has 0 unspecified atom stereocenters. The number of aromatic amines is 1. The van der Waals surface area contributed by atoms with Crippen molar-refractivity contribution in [3.63, 3.8) is 0 Å². The number of piperidine rings is 1. The van der Waals surface area contributed by atoms with E-state index in [1.807, 2.05) is 23.1 Å². The number of H-pyrrole nitrogens is 1. The number of benzene rings is 1. The Morgan fingerprint density at radius 1 is 1.41 bits per heavy atom. The maximum Gasteiger partial charge on any atom is 0.223 e. The smallest absolute Gasteiger partial charge is 0.223 e.